The van der Waals surface area contributed by atoms with Crippen LogP contribution in [0.5, 0.6) is 0 Å². The molecule has 2 rings (SSSR count). The second-order valence-corrected chi connectivity index (χ2v) is 7.90. The van der Waals surface area contributed by atoms with Crippen LogP contribution in [0, 0.1) is 10.1 Å². The molecule has 1 aliphatic rings. The molecule has 1 fully saturated rings. The summed E-state index contributed by atoms with van der Waals surface area (Å²) in [5, 5.41) is 15.4. The molecule has 1 aromatic rings. The Morgan fingerprint density at radius 1 is 1.23 bits per heavy atom. The average molecular weight is 446 g/mol. The number of nitrogens with zero attached hydrogens (tertiary/aromatic N) is 2. The van der Waals surface area contributed by atoms with Crippen LogP contribution in [-0.4, -0.2) is 82.4 Å². The lowest BCUT2D eigenvalue weighted by Crippen LogP contribution is -2.48. The number of carbonyl (C=O) groups is 2. The first kappa shape index (κ1) is 23.6. The van der Waals surface area contributed by atoms with E-state index in [4.69, 9.17) is 14.2 Å². The predicted octanol–water partition coefficient (Wildman–Crippen LogP) is -1.21. The SMILES string of the molecule is COC(CNC(=O)C(=O)NC[C@@H]1OCCN1S(=O)(=O)c1ccc([N+](=O)[O-])cc1)OC. The van der Waals surface area contributed by atoms with Crippen molar-refractivity contribution in [3.8, 4) is 0 Å². The molecule has 1 heterocycles. The van der Waals surface area contributed by atoms with Gasteiger partial charge in [-0.15, -0.1) is 0 Å². The van der Waals surface area contributed by atoms with Gasteiger partial charge in [-0.1, -0.05) is 0 Å². The fraction of sp³-hybridized carbons (Fsp3) is 0.500. The molecule has 0 aliphatic carbocycles. The van der Waals surface area contributed by atoms with Gasteiger partial charge < -0.3 is 24.8 Å². The smallest absolute Gasteiger partial charge is 0.309 e. The Bertz CT molecular complexity index is 871. The second-order valence-electron chi connectivity index (χ2n) is 6.01. The van der Waals surface area contributed by atoms with Gasteiger partial charge in [-0.05, 0) is 12.1 Å². The summed E-state index contributed by atoms with van der Waals surface area (Å²) in [6.45, 7) is -0.214. The van der Waals surface area contributed by atoms with Crippen LogP contribution in [0.1, 0.15) is 0 Å². The molecule has 13 nitrogen and oxygen atoms in total. The van der Waals surface area contributed by atoms with E-state index < -0.39 is 39.3 Å². The molecule has 14 heteroatoms. The van der Waals surface area contributed by atoms with Crippen molar-refractivity contribution >= 4 is 27.5 Å². The minimum atomic E-state index is -4.03. The molecule has 0 saturated carbocycles. The van der Waals surface area contributed by atoms with E-state index in [-0.39, 0.29) is 36.8 Å². The van der Waals surface area contributed by atoms with Gasteiger partial charge >= 0.3 is 11.8 Å². The molecule has 0 spiro atoms. The van der Waals surface area contributed by atoms with Gasteiger partial charge in [-0.25, -0.2) is 8.42 Å². The lowest BCUT2D eigenvalue weighted by Gasteiger charge is -2.22. The van der Waals surface area contributed by atoms with Gasteiger partial charge in [0.1, 0.15) is 6.23 Å². The summed E-state index contributed by atoms with van der Waals surface area (Å²) in [5.41, 5.74) is -0.245. The Morgan fingerprint density at radius 3 is 2.40 bits per heavy atom. The molecule has 1 aromatic carbocycles. The number of nitrogens with one attached hydrogen (secondary N) is 2. The van der Waals surface area contributed by atoms with Crippen LogP contribution in [0.25, 0.3) is 0 Å². The number of methoxy groups -OCH3 is 2. The van der Waals surface area contributed by atoms with Crippen LogP contribution in [0.2, 0.25) is 0 Å². The van der Waals surface area contributed by atoms with E-state index in [1.54, 1.807) is 0 Å². The molecular formula is C16H22N4O9S. The van der Waals surface area contributed by atoms with Crippen molar-refractivity contribution in [1.29, 1.82) is 0 Å². The average Bonchev–Trinajstić information content (AvgIpc) is 3.22. The van der Waals surface area contributed by atoms with Crippen LogP contribution >= 0.6 is 0 Å². The summed E-state index contributed by atoms with van der Waals surface area (Å²) in [6, 6.07) is 4.41. The molecule has 1 aliphatic heterocycles. The quantitative estimate of drug-likeness (QED) is 0.205. The van der Waals surface area contributed by atoms with Crippen molar-refractivity contribution in [3.05, 3.63) is 34.4 Å². The Kier molecular flexibility index (Phi) is 8.19. The van der Waals surface area contributed by atoms with Gasteiger partial charge in [0, 0.05) is 32.9 Å². The number of carbonyl (C=O) groups excluding carboxylic acids is 2. The second kappa shape index (κ2) is 10.4. The zero-order valence-corrected chi connectivity index (χ0v) is 17.1. The highest BCUT2D eigenvalue weighted by Gasteiger charge is 2.37. The predicted molar refractivity (Wildman–Crippen MR) is 101 cm³/mol. The third-order valence-electron chi connectivity index (χ3n) is 4.20. The number of non-ortho nitro benzene ring substituents is 1. The van der Waals surface area contributed by atoms with Crippen molar-refractivity contribution in [2.75, 3.05) is 40.5 Å². The van der Waals surface area contributed by atoms with Crippen LogP contribution in [-0.2, 0) is 33.8 Å². The normalized spacial score (nSPS) is 17.1. The number of nitro groups is 1. The maximum Gasteiger partial charge on any atom is 0.309 e. The number of sulfonamides is 1. The summed E-state index contributed by atoms with van der Waals surface area (Å²) >= 11 is 0. The first-order valence-electron chi connectivity index (χ1n) is 8.70. The topological polar surface area (TPSA) is 166 Å². The van der Waals surface area contributed by atoms with E-state index in [0.717, 1.165) is 28.6 Å². The third kappa shape index (κ3) is 5.70. The number of benzene rings is 1. The van der Waals surface area contributed by atoms with Gasteiger partial charge in [0.2, 0.25) is 10.0 Å². The highest BCUT2D eigenvalue weighted by atomic mass is 32.2. The van der Waals surface area contributed by atoms with Gasteiger partial charge in [0.15, 0.2) is 6.29 Å². The molecule has 0 radical (unpaired) electrons. The number of amides is 2. The summed E-state index contributed by atoms with van der Waals surface area (Å²) in [6.07, 6.45) is -1.75. The van der Waals surface area contributed by atoms with Gasteiger partial charge in [-0.3, -0.25) is 19.7 Å². The standard InChI is InChI=1S/C16H22N4O9S/c1-27-14(28-2)10-18-16(22)15(21)17-9-13-19(7-8-29-13)30(25,26)12-5-3-11(4-6-12)20(23)24/h3-6,13-14H,7-10H2,1-2H3,(H,17,21)(H,18,22)/t13-/m0/s1. The highest BCUT2D eigenvalue weighted by molar-refractivity contribution is 7.89. The van der Waals surface area contributed by atoms with Gasteiger partial charge in [0.25, 0.3) is 5.69 Å². The van der Waals surface area contributed by atoms with Gasteiger partial charge in [-0.2, -0.15) is 4.31 Å². The molecule has 0 bridgehead atoms. The molecule has 2 N–H and O–H groups in total. The van der Waals surface area contributed by atoms with Crippen LogP contribution in [0.15, 0.2) is 29.2 Å². The lowest BCUT2D eigenvalue weighted by molar-refractivity contribution is -0.384. The van der Waals surface area contributed by atoms with E-state index in [1.165, 1.54) is 14.2 Å². The van der Waals surface area contributed by atoms with Crippen LogP contribution < -0.4 is 10.6 Å². The van der Waals surface area contributed by atoms with Crippen LogP contribution in [0.3, 0.4) is 0 Å². The Labute approximate surface area is 172 Å². The summed E-state index contributed by atoms with van der Waals surface area (Å²) in [5.74, 6) is -1.93. The molecule has 1 saturated heterocycles. The zero-order valence-electron chi connectivity index (χ0n) is 16.3. The number of nitro benzene ring substituents is 1. The molecule has 166 valence electrons. The minimum absolute atomic E-state index is 0.0232. The number of rotatable bonds is 9. The van der Waals surface area contributed by atoms with Crippen molar-refractivity contribution in [2.45, 2.75) is 17.4 Å². The fourth-order valence-corrected chi connectivity index (χ4v) is 4.11. The monoisotopic (exact) mass is 446 g/mol. The zero-order chi connectivity index (χ0) is 22.3. The van der Waals surface area contributed by atoms with Crippen molar-refractivity contribution in [3.63, 3.8) is 0 Å². The first-order chi connectivity index (χ1) is 14.2. The van der Waals surface area contributed by atoms with E-state index in [1.807, 2.05) is 0 Å². The van der Waals surface area contributed by atoms with Crippen molar-refractivity contribution < 1.29 is 37.1 Å². The van der Waals surface area contributed by atoms with E-state index in [9.17, 15) is 28.1 Å². The van der Waals surface area contributed by atoms with Crippen LogP contribution in [0.4, 0.5) is 5.69 Å². The fourth-order valence-electron chi connectivity index (χ4n) is 2.60. The third-order valence-corrected chi connectivity index (χ3v) is 6.10. The first-order valence-corrected chi connectivity index (χ1v) is 10.1. The molecule has 2 amide bonds. The number of hydrogen-bond acceptors (Lipinski definition) is 9. The molecule has 0 unspecified atom stereocenters. The Morgan fingerprint density at radius 2 is 1.83 bits per heavy atom. The largest absolute Gasteiger partial charge is 0.359 e. The summed E-state index contributed by atoms with van der Waals surface area (Å²) in [7, 11) is -1.28. The molecule has 1 atom stereocenters. The minimum Gasteiger partial charge on any atom is -0.359 e. The van der Waals surface area contributed by atoms with Crippen molar-refractivity contribution in [2.24, 2.45) is 0 Å². The van der Waals surface area contributed by atoms with E-state index in [2.05, 4.69) is 10.6 Å². The molecular weight excluding hydrogens is 424 g/mol. The van der Waals surface area contributed by atoms with E-state index in [0.29, 0.717) is 0 Å². The molecule has 0 aromatic heterocycles. The maximum atomic E-state index is 12.8. The number of ether oxygens (including phenoxy) is 3. The highest BCUT2D eigenvalue weighted by Crippen LogP contribution is 2.23. The Balaban J connectivity index is 1.97. The Hall–Kier alpha value is -2.65. The molecule has 30 heavy (non-hydrogen) atoms. The maximum absolute atomic E-state index is 12.8. The summed E-state index contributed by atoms with van der Waals surface area (Å²) < 4.78 is 41.7. The lowest BCUT2D eigenvalue weighted by atomic mass is 10.3. The van der Waals surface area contributed by atoms with E-state index >= 15 is 0 Å². The number of hydrogen-bond donors (Lipinski definition) is 2. The van der Waals surface area contributed by atoms with Crippen molar-refractivity contribution in [1.82, 2.24) is 14.9 Å². The van der Waals surface area contributed by atoms with Gasteiger partial charge in [0.05, 0.1) is 29.5 Å². The summed E-state index contributed by atoms with van der Waals surface area (Å²) in [4.78, 5) is 33.7.